The van der Waals surface area contributed by atoms with Gasteiger partial charge in [0.2, 0.25) is 0 Å². The van der Waals surface area contributed by atoms with Crippen LogP contribution in [-0.4, -0.2) is 25.2 Å². The maximum Gasteiger partial charge on any atom is 0.335 e. The first kappa shape index (κ1) is 27.7. The lowest BCUT2D eigenvalue weighted by molar-refractivity contribution is -0.130. The Kier molecular flexibility index (Phi) is 10.6. The highest BCUT2D eigenvalue weighted by Gasteiger charge is 2.28. The van der Waals surface area contributed by atoms with Gasteiger partial charge >= 0.3 is 11.9 Å². The Morgan fingerprint density at radius 2 is 1.14 bits per heavy atom. The van der Waals surface area contributed by atoms with Crippen LogP contribution in [0.1, 0.15) is 68.2 Å². The summed E-state index contributed by atoms with van der Waals surface area (Å²) < 4.78 is 23.5. The van der Waals surface area contributed by atoms with E-state index in [-0.39, 0.29) is 5.92 Å². The van der Waals surface area contributed by atoms with E-state index in [1.807, 2.05) is 52.0 Å². The van der Waals surface area contributed by atoms with Crippen molar-refractivity contribution in [1.29, 1.82) is 0 Å². The van der Waals surface area contributed by atoms with E-state index in [9.17, 15) is 9.59 Å². The van der Waals surface area contributed by atoms with E-state index >= 15 is 0 Å². The van der Waals surface area contributed by atoms with Crippen LogP contribution < -0.4 is 18.9 Å². The zero-order chi connectivity index (χ0) is 26.0. The van der Waals surface area contributed by atoms with Crippen molar-refractivity contribution in [2.45, 2.75) is 59.8 Å². The molecule has 0 amide bonds. The van der Waals surface area contributed by atoms with Crippen molar-refractivity contribution >= 4 is 11.9 Å². The quantitative estimate of drug-likeness (QED) is 0.183. The summed E-state index contributed by atoms with van der Waals surface area (Å²) in [6.45, 7) is 17.7. The molecule has 188 valence electrons. The first-order chi connectivity index (χ1) is 16.8. The molecule has 0 aliphatic carbocycles. The number of rotatable bonds is 13. The number of hydrogen-bond acceptors (Lipinski definition) is 6. The van der Waals surface area contributed by atoms with Crippen LogP contribution >= 0.6 is 0 Å². The fourth-order valence-electron chi connectivity index (χ4n) is 3.75. The van der Waals surface area contributed by atoms with Crippen molar-refractivity contribution < 1.29 is 28.5 Å². The SMILES string of the molecule is C=CC(=O)Oc1c(C)ccc(C(CC)c2ccc(C)c(OC(=O)C=C)c2OCCC)c1OCCC. The maximum absolute atomic E-state index is 12.1. The zero-order valence-electron chi connectivity index (χ0n) is 21.4. The highest BCUT2D eigenvalue weighted by molar-refractivity contribution is 5.85. The van der Waals surface area contributed by atoms with Gasteiger partial charge in [0.25, 0.3) is 0 Å². The van der Waals surface area contributed by atoms with Gasteiger partial charge in [-0.25, -0.2) is 9.59 Å². The summed E-state index contributed by atoms with van der Waals surface area (Å²) in [5, 5.41) is 0. The Labute approximate surface area is 208 Å². The smallest absolute Gasteiger partial charge is 0.335 e. The molecule has 0 atom stereocenters. The molecule has 0 aliphatic heterocycles. The predicted molar refractivity (Wildman–Crippen MR) is 138 cm³/mol. The van der Waals surface area contributed by atoms with E-state index in [1.165, 1.54) is 0 Å². The van der Waals surface area contributed by atoms with E-state index in [4.69, 9.17) is 18.9 Å². The van der Waals surface area contributed by atoms with Gasteiger partial charge in [-0.15, -0.1) is 0 Å². The fourth-order valence-corrected chi connectivity index (χ4v) is 3.75. The van der Waals surface area contributed by atoms with E-state index < -0.39 is 11.9 Å². The Balaban J connectivity index is 2.77. The minimum Gasteiger partial charge on any atom is -0.489 e. The lowest BCUT2D eigenvalue weighted by atomic mass is 9.86. The molecule has 0 aliphatic rings. The molecule has 0 radical (unpaired) electrons. The summed E-state index contributed by atoms with van der Waals surface area (Å²) in [4.78, 5) is 24.2. The molecular weight excluding hydrogens is 444 g/mol. The number of aryl methyl sites for hydroxylation is 2. The molecular formula is C29H36O6. The third-order valence-corrected chi connectivity index (χ3v) is 5.48. The van der Waals surface area contributed by atoms with Crippen LogP contribution in [0.25, 0.3) is 0 Å². The van der Waals surface area contributed by atoms with Crippen molar-refractivity contribution in [3.05, 3.63) is 71.8 Å². The number of hydrogen-bond donors (Lipinski definition) is 0. The summed E-state index contributed by atoms with van der Waals surface area (Å²) in [6.07, 6.45) is 4.53. The molecule has 2 aromatic carbocycles. The molecule has 2 aromatic rings. The third kappa shape index (κ3) is 6.75. The monoisotopic (exact) mass is 480 g/mol. The van der Waals surface area contributed by atoms with E-state index in [2.05, 4.69) is 20.1 Å². The Hall–Kier alpha value is -3.54. The van der Waals surface area contributed by atoms with Crippen LogP contribution in [0.3, 0.4) is 0 Å². The molecule has 6 nitrogen and oxygen atoms in total. The topological polar surface area (TPSA) is 71.1 Å². The van der Waals surface area contributed by atoms with Gasteiger partial charge in [0.1, 0.15) is 0 Å². The minimum atomic E-state index is -0.555. The predicted octanol–water partition coefficient (Wildman–Crippen LogP) is 6.61. The molecule has 0 aromatic heterocycles. The average Bonchev–Trinajstić information content (AvgIpc) is 2.86. The van der Waals surface area contributed by atoms with E-state index in [0.717, 1.165) is 47.2 Å². The van der Waals surface area contributed by atoms with Crippen LogP contribution in [0.15, 0.2) is 49.6 Å². The molecule has 0 unspecified atom stereocenters. The normalized spacial score (nSPS) is 10.6. The highest BCUT2D eigenvalue weighted by Crippen LogP contribution is 2.47. The molecule has 2 rings (SSSR count). The van der Waals surface area contributed by atoms with Crippen LogP contribution in [0.4, 0.5) is 0 Å². The molecule has 0 saturated heterocycles. The van der Waals surface area contributed by atoms with Crippen LogP contribution in [0.5, 0.6) is 23.0 Å². The van der Waals surface area contributed by atoms with Crippen molar-refractivity contribution in [2.75, 3.05) is 13.2 Å². The second kappa shape index (κ2) is 13.4. The molecule has 35 heavy (non-hydrogen) atoms. The first-order valence-electron chi connectivity index (χ1n) is 12.0. The number of esters is 2. The zero-order valence-corrected chi connectivity index (χ0v) is 21.4. The third-order valence-electron chi connectivity index (χ3n) is 5.48. The highest BCUT2D eigenvalue weighted by atomic mass is 16.6. The minimum absolute atomic E-state index is 0.183. The van der Waals surface area contributed by atoms with Gasteiger partial charge in [-0.05, 0) is 44.2 Å². The van der Waals surface area contributed by atoms with Gasteiger partial charge in [-0.1, -0.05) is 58.2 Å². The first-order valence-corrected chi connectivity index (χ1v) is 12.0. The van der Waals surface area contributed by atoms with E-state index in [0.29, 0.717) is 42.6 Å². The lowest BCUT2D eigenvalue weighted by Gasteiger charge is -2.26. The molecule has 0 spiro atoms. The van der Waals surface area contributed by atoms with Gasteiger partial charge in [-0.3, -0.25) is 0 Å². The Morgan fingerprint density at radius 1 is 0.743 bits per heavy atom. The van der Waals surface area contributed by atoms with Crippen molar-refractivity contribution in [3.8, 4) is 23.0 Å². The van der Waals surface area contributed by atoms with Gasteiger partial charge in [0, 0.05) is 29.2 Å². The van der Waals surface area contributed by atoms with E-state index in [1.54, 1.807) is 0 Å². The average molecular weight is 481 g/mol. The number of carbonyl (C=O) groups excluding carboxylic acids is 2. The Bertz CT molecular complexity index is 986. The van der Waals surface area contributed by atoms with Crippen molar-refractivity contribution in [3.63, 3.8) is 0 Å². The van der Waals surface area contributed by atoms with Crippen molar-refractivity contribution in [1.82, 2.24) is 0 Å². The van der Waals surface area contributed by atoms with Crippen LogP contribution in [-0.2, 0) is 9.59 Å². The molecule has 6 heteroatoms. The largest absolute Gasteiger partial charge is 0.489 e. The molecule has 0 saturated carbocycles. The standard InChI is InChI=1S/C29H36O6/c1-8-17-32-28-22(15-13-19(6)26(28)34-24(30)11-4)21(10-3)23-16-14-20(7)27(35-25(31)12-5)29(23)33-18-9-2/h11-16,21H,4-5,8-10,17-18H2,1-3,6-7H3. The molecule has 0 bridgehead atoms. The van der Waals surface area contributed by atoms with Crippen LogP contribution in [0.2, 0.25) is 0 Å². The lowest BCUT2D eigenvalue weighted by Crippen LogP contribution is -2.13. The second-order valence-corrected chi connectivity index (χ2v) is 8.17. The summed E-state index contributed by atoms with van der Waals surface area (Å²) in [6, 6.07) is 7.78. The van der Waals surface area contributed by atoms with Gasteiger partial charge in [-0.2, -0.15) is 0 Å². The fraction of sp³-hybridized carbons (Fsp3) is 0.379. The second-order valence-electron chi connectivity index (χ2n) is 8.17. The van der Waals surface area contributed by atoms with Gasteiger partial charge in [0.05, 0.1) is 13.2 Å². The summed E-state index contributed by atoms with van der Waals surface area (Å²) in [5.74, 6) is 0.487. The number of benzene rings is 2. The van der Waals surface area contributed by atoms with Crippen LogP contribution in [0, 0.1) is 13.8 Å². The maximum atomic E-state index is 12.1. The number of ether oxygens (including phenoxy) is 4. The Morgan fingerprint density at radius 3 is 1.46 bits per heavy atom. The number of carbonyl (C=O) groups is 2. The molecule has 0 heterocycles. The molecule has 0 N–H and O–H groups in total. The summed E-state index contributed by atoms with van der Waals surface area (Å²) in [7, 11) is 0. The van der Waals surface area contributed by atoms with Gasteiger partial charge < -0.3 is 18.9 Å². The summed E-state index contributed by atoms with van der Waals surface area (Å²) in [5.41, 5.74) is 3.25. The van der Waals surface area contributed by atoms with Gasteiger partial charge in [0.15, 0.2) is 23.0 Å². The summed E-state index contributed by atoms with van der Waals surface area (Å²) >= 11 is 0. The molecule has 0 fully saturated rings. The van der Waals surface area contributed by atoms with Crippen molar-refractivity contribution in [2.24, 2.45) is 0 Å².